The van der Waals surface area contributed by atoms with Crippen molar-refractivity contribution >= 4 is 11.6 Å². The maximum Gasteiger partial charge on any atom is 0.255 e. The summed E-state index contributed by atoms with van der Waals surface area (Å²) in [5.41, 5.74) is 2.87. The van der Waals surface area contributed by atoms with Crippen molar-refractivity contribution in [2.45, 2.75) is 20.5 Å². The molecule has 3 aromatic rings. The normalized spacial score (nSPS) is 10.4. The quantitative estimate of drug-likeness (QED) is 0.777. The minimum Gasteiger partial charge on any atom is -0.489 e. The SMILES string of the molecule is Cc1noc(C)c1COc1cccc(C(=O)Nc2cccnc2)c1. The lowest BCUT2D eigenvalue weighted by Gasteiger charge is -2.08. The Morgan fingerprint density at radius 3 is 2.83 bits per heavy atom. The summed E-state index contributed by atoms with van der Waals surface area (Å²) in [5.74, 6) is 1.12. The van der Waals surface area contributed by atoms with Crippen molar-refractivity contribution in [3.05, 3.63) is 71.4 Å². The fourth-order valence-corrected chi connectivity index (χ4v) is 2.23. The maximum atomic E-state index is 12.3. The highest BCUT2D eigenvalue weighted by atomic mass is 16.5. The summed E-state index contributed by atoms with van der Waals surface area (Å²) in [6.07, 6.45) is 3.24. The third-order valence-electron chi connectivity index (χ3n) is 3.58. The van der Waals surface area contributed by atoms with Crippen LogP contribution in [0, 0.1) is 13.8 Å². The van der Waals surface area contributed by atoms with E-state index in [1.165, 1.54) is 0 Å². The standard InChI is InChI=1S/C18H17N3O3/c1-12-17(13(2)24-21-12)11-23-16-7-3-5-14(9-16)18(22)20-15-6-4-8-19-10-15/h3-10H,11H2,1-2H3,(H,20,22). The van der Waals surface area contributed by atoms with Crippen LogP contribution in [0.2, 0.25) is 0 Å². The van der Waals surface area contributed by atoms with Crippen LogP contribution >= 0.6 is 0 Å². The molecule has 0 bridgehead atoms. The number of amides is 1. The zero-order valence-electron chi connectivity index (χ0n) is 13.4. The van der Waals surface area contributed by atoms with Crippen LogP contribution in [0.1, 0.15) is 27.4 Å². The van der Waals surface area contributed by atoms with E-state index in [1.54, 1.807) is 48.8 Å². The van der Waals surface area contributed by atoms with Crippen molar-refractivity contribution in [2.24, 2.45) is 0 Å². The Kier molecular flexibility index (Phi) is 4.56. The van der Waals surface area contributed by atoms with Gasteiger partial charge in [-0.1, -0.05) is 11.2 Å². The number of rotatable bonds is 5. The fourth-order valence-electron chi connectivity index (χ4n) is 2.23. The fraction of sp³-hybridized carbons (Fsp3) is 0.167. The number of aromatic nitrogens is 2. The van der Waals surface area contributed by atoms with Crippen LogP contribution in [0.4, 0.5) is 5.69 Å². The van der Waals surface area contributed by atoms with Gasteiger partial charge in [0.05, 0.1) is 23.1 Å². The van der Waals surface area contributed by atoms with Crippen molar-refractivity contribution in [2.75, 3.05) is 5.32 Å². The largest absolute Gasteiger partial charge is 0.489 e. The predicted molar refractivity (Wildman–Crippen MR) is 88.9 cm³/mol. The van der Waals surface area contributed by atoms with E-state index in [9.17, 15) is 4.79 Å². The molecule has 0 atom stereocenters. The van der Waals surface area contributed by atoms with E-state index >= 15 is 0 Å². The molecule has 122 valence electrons. The molecule has 6 heteroatoms. The number of nitrogens with zero attached hydrogens (tertiary/aromatic N) is 2. The van der Waals surface area contributed by atoms with Crippen molar-refractivity contribution in [1.29, 1.82) is 0 Å². The number of benzene rings is 1. The van der Waals surface area contributed by atoms with Crippen LogP contribution < -0.4 is 10.1 Å². The Balaban J connectivity index is 1.69. The lowest BCUT2D eigenvalue weighted by molar-refractivity contribution is 0.102. The second-order valence-electron chi connectivity index (χ2n) is 5.32. The monoisotopic (exact) mass is 323 g/mol. The number of nitrogens with one attached hydrogen (secondary N) is 1. The summed E-state index contributed by atoms with van der Waals surface area (Å²) in [5, 5.41) is 6.69. The van der Waals surface area contributed by atoms with Gasteiger partial charge < -0.3 is 14.6 Å². The van der Waals surface area contributed by atoms with Gasteiger partial charge in [-0.25, -0.2) is 0 Å². The van der Waals surface area contributed by atoms with Gasteiger partial charge in [0.15, 0.2) is 0 Å². The highest BCUT2D eigenvalue weighted by Crippen LogP contribution is 2.19. The summed E-state index contributed by atoms with van der Waals surface area (Å²) in [4.78, 5) is 16.3. The molecule has 0 radical (unpaired) electrons. The summed E-state index contributed by atoms with van der Waals surface area (Å²) < 4.78 is 10.9. The van der Waals surface area contributed by atoms with Crippen LogP contribution in [0.15, 0.2) is 53.3 Å². The molecule has 2 aromatic heterocycles. The van der Waals surface area contributed by atoms with Gasteiger partial charge in [-0.2, -0.15) is 0 Å². The molecule has 6 nitrogen and oxygen atoms in total. The molecule has 0 aliphatic carbocycles. The van der Waals surface area contributed by atoms with E-state index in [0.717, 1.165) is 17.0 Å². The van der Waals surface area contributed by atoms with Gasteiger partial charge >= 0.3 is 0 Å². The topological polar surface area (TPSA) is 77.2 Å². The van der Waals surface area contributed by atoms with Gasteiger partial charge in [-0.05, 0) is 44.2 Å². The first-order valence-corrected chi connectivity index (χ1v) is 7.49. The molecular weight excluding hydrogens is 306 g/mol. The van der Waals surface area contributed by atoms with Crippen LogP contribution in [-0.4, -0.2) is 16.0 Å². The first-order valence-electron chi connectivity index (χ1n) is 7.49. The van der Waals surface area contributed by atoms with Gasteiger partial charge in [0.1, 0.15) is 18.1 Å². The summed E-state index contributed by atoms with van der Waals surface area (Å²) in [6.45, 7) is 4.05. The molecule has 1 aromatic carbocycles. The smallest absolute Gasteiger partial charge is 0.255 e. The number of ether oxygens (including phenoxy) is 1. The first-order chi connectivity index (χ1) is 11.6. The average molecular weight is 323 g/mol. The van der Waals surface area contributed by atoms with Crippen LogP contribution in [-0.2, 0) is 6.61 Å². The van der Waals surface area contributed by atoms with Crippen molar-refractivity contribution < 1.29 is 14.1 Å². The molecule has 0 fully saturated rings. The second-order valence-corrected chi connectivity index (χ2v) is 5.32. The van der Waals surface area contributed by atoms with Gasteiger partial charge in [0.25, 0.3) is 5.91 Å². The number of carbonyl (C=O) groups excluding carboxylic acids is 1. The highest BCUT2D eigenvalue weighted by molar-refractivity contribution is 6.04. The Hall–Kier alpha value is -3.15. The van der Waals surface area contributed by atoms with Gasteiger partial charge in [0, 0.05) is 11.8 Å². The zero-order chi connectivity index (χ0) is 16.9. The molecule has 0 spiro atoms. The Labute approximate surface area is 139 Å². The lowest BCUT2D eigenvalue weighted by Crippen LogP contribution is -2.12. The van der Waals surface area contributed by atoms with E-state index < -0.39 is 0 Å². The summed E-state index contributed by atoms with van der Waals surface area (Å²) in [6, 6.07) is 10.6. The maximum absolute atomic E-state index is 12.3. The van der Waals surface area contributed by atoms with E-state index in [2.05, 4.69) is 15.5 Å². The van der Waals surface area contributed by atoms with E-state index in [1.807, 2.05) is 13.8 Å². The van der Waals surface area contributed by atoms with Gasteiger partial charge in [-0.15, -0.1) is 0 Å². The molecule has 2 heterocycles. The molecule has 1 amide bonds. The predicted octanol–water partition coefficient (Wildman–Crippen LogP) is 3.52. The van der Waals surface area contributed by atoms with Crippen molar-refractivity contribution in [1.82, 2.24) is 10.1 Å². The molecule has 0 unspecified atom stereocenters. The molecule has 3 rings (SSSR count). The minimum atomic E-state index is -0.217. The van der Waals surface area contributed by atoms with Crippen LogP contribution in [0.5, 0.6) is 5.75 Å². The minimum absolute atomic E-state index is 0.217. The van der Waals surface area contributed by atoms with E-state index in [0.29, 0.717) is 23.6 Å². The Morgan fingerprint density at radius 1 is 1.25 bits per heavy atom. The number of pyridine rings is 1. The van der Waals surface area contributed by atoms with Crippen LogP contribution in [0.3, 0.4) is 0 Å². The zero-order valence-corrected chi connectivity index (χ0v) is 13.4. The number of carbonyl (C=O) groups is 1. The number of hydrogen-bond acceptors (Lipinski definition) is 5. The molecular formula is C18H17N3O3. The first kappa shape index (κ1) is 15.7. The molecule has 0 aliphatic rings. The third kappa shape index (κ3) is 3.60. The summed E-state index contributed by atoms with van der Waals surface area (Å²) in [7, 11) is 0. The Bertz CT molecular complexity index is 824. The Morgan fingerprint density at radius 2 is 2.12 bits per heavy atom. The average Bonchev–Trinajstić information content (AvgIpc) is 2.92. The second kappa shape index (κ2) is 6.95. The molecule has 24 heavy (non-hydrogen) atoms. The van der Waals surface area contributed by atoms with E-state index in [4.69, 9.17) is 9.26 Å². The summed E-state index contributed by atoms with van der Waals surface area (Å²) >= 11 is 0. The number of anilines is 1. The molecule has 0 saturated carbocycles. The molecule has 0 saturated heterocycles. The van der Waals surface area contributed by atoms with Crippen molar-refractivity contribution in [3.8, 4) is 5.75 Å². The van der Waals surface area contributed by atoms with Crippen LogP contribution in [0.25, 0.3) is 0 Å². The third-order valence-corrected chi connectivity index (χ3v) is 3.58. The van der Waals surface area contributed by atoms with E-state index in [-0.39, 0.29) is 5.91 Å². The van der Waals surface area contributed by atoms with Crippen molar-refractivity contribution in [3.63, 3.8) is 0 Å². The molecule has 1 N–H and O–H groups in total. The number of hydrogen-bond donors (Lipinski definition) is 1. The lowest BCUT2D eigenvalue weighted by atomic mass is 10.2. The molecule has 0 aliphatic heterocycles. The van der Waals surface area contributed by atoms with Gasteiger partial charge in [-0.3, -0.25) is 9.78 Å². The van der Waals surface area contributed by atoms with Gasteiger partial charge in [0.2, 0.25) is 0 Å². The number of aryl methyl sites for hydroxylation is 2. The highest BCUT2D eigenvalue weighted by Gasteiger charge is 2.11.